The van der Waals surface area contributed by atoms with E-state index in [9.17, 15) is 9.59 Å². The van der Waals surface area contributed by atoms with E-state index in [1.165, 1.54) is 7.05 Å². The lowest BCUT2D eigenvalue weighted by atomic mass is 10.1. The zero-order chi connectivity index (χ0) is 13.8. The number of anilines is 1. The van der Waals surface area contributed by atoms with Crippen LogP contribution in [0.25, 0.3) is 0 Å². The van der Waals surface area contributed by atoms with Crippen LogP contribution in [0.5, 0.6) is 5.75 Å². The molecule has 6 heteroatoms. The van der Waals surface area contributed by atoms with E-state index in [2.05, 4.69) is 16.0 Å². The smallest absolute Gasteiger partial charge is 0.255 e. The highest BCUT2D eigenvalue weighted by Gasteiger charge is 2.21. The normalized spacial score (nSPS) is 14.4. The van der Waals surface area contributed by atoms with Crippen molar-refractivity contribution in [1.82, 2.24) is 10.6 Å². The minimum Gasteiger partial charge on any atom is -0.489 e. The van der Waals surface area contributed by atoms with Crippen LogP contribution in [0.2, 0.25) is 0 Å². The standard InChI is InChI=1S/C13H17N3O3/c1-8(12(17)14-2)16-13(18)9-4-3-5-10-11(9)19-7-6-15-10/h3-5,8,15H,6-7H2,1-2H3,(H,14,17)(H,16,18). The molecule has 1 heterocycles. The molecule has 0 radical (unpaired) electrons. The molecular formula is C13H17N3O3. The van der Waals surface area contributed by atoms with Crippen molar-refractivity contribution in [2.75, 3.05) is 25.5 Å². The molecule has 0 fully saturated rings. The predicted octanol–water partition coefficient (Wildman–Crippen LogP) is 0.355. The van der Waals surface area contributed by atoms with Crippen LogP contribution in [-0.2, 0) is 4.79 Å². The van der Waals surface area contributed by atoms with Gasteiger partial charge in [0.25, 0.3) is 5.91 Å². The Morgan fingerprint density at radius 3 is 2.95 bits per heavy atom. The van der Waals surface area contributed by atoms with Gasteiger partial charge in [-0.15, -0.1) is 0 Å². The summed E-state index contributed by atoms with van der Waals surface area (Å²) in [5, 5.41) is 8.29. The van der Waals surface area contributed by atoms with E-state index in [4.69, 9.17) is 4.74 Å². The zero-order valence-corrected chi connectivity index (χ0v) is 10.9. The van der Waals surface area contributed by atoms with Gasteiger partial charge in [-0.3, -0.25) is 9.59 Å². The second-order valence-corrected chi connectivity index (χ2v) is 4.27. The molecule has 6 nitrogen and oxygen atoms in total. The van der Waals surface area contributed by atoms with Crippen LogP contribution in [0.15, 0.2) is 18.2 Å². The largest absolute Gasteiger partial charge is 0.489 e. The first-order valence-corrected chi connectivity index (χ1v) is 6.15. The Balaban J connectivity index is 2.18. The lowest BCUT2D eigenvalue weighted by Crippen LogP contribution is -2.43. The molecule has 102 valence electrons. The number of hydrogen-bond donors (Lipinski definition) is 3. The van der Waals surface area contributed by atoms with Gasteiger partial charge in [0.1, 0.15) is 12.6 Å². The Morgan fingerprint density at radius 2 is 2.21 bits per heavy atom. The number of nitrogens with one attached hydrogen (secondary N) is 3. The first-order chi connectivity index (χ1) is 9.13. The molecule has 2 amide bonds. The van der Waals surface area contributed by atoms with Crippen LogP contribution < -0.4 is 20.7 Å². The zero-order valence-electron chi connectivity index (χ0n) is 10.9. The Hall–Kier alpha value is -2.24. The number of rotatable bonds is 3. The number of amides is 2. The highest BCUT2D eigenvalue weighted by Crippen LogP contribution is 2.31. The highest BCUT2D eigenvalue weighted by molar-refractivity contribution is 6.01. The Morgan fingerprint density at radius 1 is 1.42 bits per heavy atom. The Bertz CT molecular complexity index is 502. The number of ether oxygens (including phenoxy) is 1. The monoisotopic (exact) mass is 263 g/mol. The number of benzene rings is 1. The molecule has 0 spiro atoms. The molecule has 1 aliphatic heterocycles. The van der Waals surface area contributed by atoms with Gasteiger partial charge in [-0.05, 0) is 19.1 Å². The van der Waals surface area contributed by atoms with E-state index in [0.717, 1.165) is 5.69 Å². The third-order valence-electron chi connectivity index (χ3n) is 2.91. The SMILES string of the molecule is CNC(=O)C(C)NC(=O)c1cccc2c1OCCN2. The van der Waals surface area contributed by atoms with Crippen LogP contribution in [0.4, 0.5) is 5.69 Å². The van der Waals surface area contributed by atoms with Crippen molar-refractivity contribution in [2.24, 2.45) is 0 Å². The molecule has 1 unspecified atom stereocenters. The summed E-state index contributed by atoms with van der Waals surface area (Å²) < 4.78 is 5.52. The van der Waals surface area contributed by atoms with Crippen LogP contribution >= 0.6 is 0 Å². The molecule has 0 bridgehead atoms. The molecule has 1 aliphatic rings. The van der Waals surface area contributed by atoms with E-state index >= 15 is 0 Å². The minimum absolute atomic E-state index is 0.239. The maximum Gasteiger partial charge on any atom is 0.255 e. The third kappa shape index (κ3) is 2.78. The molecule has 1 aromatic rings. The summed E-state index contributed by atoms with van der Waals surface area (Å²) in [6, 6.07) is 4.72. The minimum atomic E-state index is -0.593. The molecule has 3 N–H and O–H groups in total. The molecule has 1 aromatic carbocycles. The molecule has 0 saturated carbocycles. The Labute approximate surface area is 111 Å². The van der Waals surface area contributed by atoms with Crippen LogP contribution in [-0.4, -0.2) is 38.1 Å². The van der Waals surface area contributed by atoms with Crippen molar-refractivity contribution >= 4 is 17.5 Å². The van der Waals surface area contributed by atoms with E-state index in [1.54, 1.807) is 19.1 Å². The van der Waals surface area contributed by atoms with Gasteiger partial charge in [0.15, 0.2) is 5.75 Å². The lowest BCUT2D eigenvalue weighted by Gasteiger charge is -2.22. The second-order valence-electron chi connectivity index (χ2n) is 4.27. The van der Waals surface area contributed by atoms with Crippen molar-refractivity contribution in [3.05, 3.63) is 23.8 Å². The van der Waals surface area contributed by atoms with Crippen LogP contribution in [0.1, 0.15) is 17.3 Å². The average Bonchev–Trinajstić information content (AvgIpc) is 2.45. The van der Waals surface area contributed by atoms with Gasteiger partial charge in [-0.25, -0.2) is 0 Å². The number of fused-ring (bicyclic) bond motifs is 1. The summed E-state index contributed by atoms with van der Waals surface area (Å²) in [5.41, 5.74) is 1.23. The third-order valence-corrected chi connectivity index (χ3v) is 2.91. The number of likely N-dealkylation sites (N-methyl/N-ethyl adjacent to an activating group) is 1. The van der Waals surface area contributed by atoms with Crippen molar-refractivity contribution in [3.63, 3.8) is 0 Å². The quantitative estimate of drug-likeness (QED) is 0.735. The highest BCUT2D eigenvalue weighted by atomic mass is 16.5. The van der Waals surface area contributed by atoms with Gasteiger partial charge in [0.05, 0.1) is 11.3 Å². The van der Waals surface area contributed by atoms with Crippen molar-refractivity contribution < 1.29 is 14.3 Å². The van der Waals surface area contributed by atoms with Gasteiger partial charge >= 0.3 is 0 Å². The van der Waals surface area contributed by atoms with Crippen molar-refractivity contribution in [3.8, 4) is 5.75 Å². The van der Waals surface area contributed by atoms with E-state index in [0.29, 0.717) is 24.5 Å². The number of hydrogen-bond acceptors (Lipinski definition) is 4. The molecular weight excluding hydrogens is 246 g/mol. The van der Waals surface area contributed by atoms with E-state index < -0.39 is 6.04 Å². The summed E-state index contributed by atoms with van der Waals surface area (Å²) in [4.78, 5) is 23.5. The second kappa shape index (κ2) is 5.60. The summed E-state index contributed by atoms with van der Waals surface area (Å²) in [5.74, 6) is -0.0239. The molecule has 0 aliphatic carbocycles. The number of para-hydroxylation sites is 1. The molecule has 1 atom stereocenters. The summed E-state index contributed by atoms with van der Waals surface area (Å²) in [7, 11) is 1.53. The number of carbonyl (C=O) groups excluding carboxylic acids is 2. The van der Waals surface area contributed by atoms with Gasteiger partial charge in [-0.1, -0.05) is 6.07 Å². The van der Waals surface area contributed by atoms with E-state index in [1.807, 2.05) is 6.07 Å². The summed E-state index contributed by atoms with van der Waals surface area (Å²) in [6.45, 7) is 2.86. The van der Waals surface area contributed by atoms with Gasteiger partial charge in [-0.2, -0.15) is 0 Å². The maximum atomic E-state index is 12.1. The maximum absolute atomic E-state index is 12.1. The van der Waals surface area contributed by atoms with Gasteiger partial charge in [0.2, 0.25) is 5.91 Å². The fourth-order valence-corrected chi connectivity index (χ4v) is 1.91. The number of carbonyl (C=O) groups is 2. The molecule has 2 rings (SSSR count). The first kappa shape index (κ1) is 13.2. The summed E-state index contributed by atoms with van der Waals surface area (Å²) >= 11 is 0. The topological polar surface area (TPSA) is 79.5 Å². The lowest BCUT2D eigenvalue weighted by molar-refractivity contribution is -0.122. The summed E-state index contributed by atoms with van der Waals surface area (Å²) in [6.07, 6.45) is 0. The fourth-order valence-electron chi connectivity index (χ4n) is 1.91. The van der Waals surface area contributed by atoms with Crippen LogP contribution in [0.3, 0.4) is 0 Å². The first-order valence-electron chi connectivity index (χ1n) is 6.15. The van der Waals surface area contributed by atoms with Crippen LogP contribution in [0, 0.1) is 0 Å². The average molecular weight is 263 g/mol. The van der Waals surface area contributed by atoms with Crippen molar-refractivity contribution in [2.45, 2.75) is 13.0 Å². The van der Waals surface area contributed by atoms with Gasteiger partial charge in [0, 0.05) is 13.6 Å². The molecule has 0 saturated heterocycles. The van der Waals surface area contributed by atoms with Crippen molar-refractivity contribution in [1.29, 1.82) is 0 Å². The van der Waals surface area contributed by atoms with E-state index in [-0.39, 0.29) is 11.8 Å². The van der Waals surface area contributed by atoms with Gasteiger partial charge < -0.3 is 20.7 Å². The fraction of sp³-hybridized carbons (Fsp3) is 0.385. The predicted molar refractivity (Wildman–Crippen MR) is 71.4 cm³/mol. The molecule has 0 aromatic heterocycles. The Kier molecular flexibility index (Phi) is 3.89. The molecule has 19 heavy (non-hydrogen) atoms.